The van der Waals surface area contributed by atoms with E-state index in [1.165, 1.54) is 77.7 Å². The van der Waals surface area contributed by atoms with Gasteiger partial charge in [0.25, 0.3) is 0 Å². The highest BCUT2D eigenvalue weighted by Crippen LogP contribution is 2.50. The van der Waals surface area contributed by atoms with Gasteiger partial charge >= 0.3 is 5.97 Å². The van der Waals surface area contributed by atoms with Crippen molar-refractivity contribution in [2.45, 2.75) is 199 Å². The fourth-order valence-corrected chi connectivity index (χ4v) is 10.7. The number of benzene rings is 3. The monoisotopic (exact) mass is 1050 g/mol. The average molecular weight is 1050 g/mol. The SMILES string of the molecule is COC(=O)CCCCCCCCCCCNC(=O)CCCCCCCCCCCNC(=O)CCCCCCCCC(=O)N1C[C@](C)(COC(c2ccccc2)(c2ccc(OC)cc2)c2ccc(OC)cc2)[C@](C)(CO)C1. The molecule has 0 unspecified atom stereocenters. The van der Waals surface area contributed by atoms with Crippen LogP contribution in [0.15, 0.2) is 78.9 Å². The standard InChI is InChI=1S/C64H99N3O9/c1-62(51-68)49-67(50-63(62,2)52-76-64(53-33-25-24-26-34-53,54-39-43-56(73-3)44-40-54)55-41-45-57(74-4)46-42-55)60(71)37-29-20-15-14-19-28-36-59(70)66-48-31-22-16-10-6-8-12-18-27-35-58(69)65-47-32-23-17-11-7-9-13-21-30-38-61(72)75-5/h24-26,33-34,39-46,68H,6-23,27-32,35-38,47-52H2,1-5H3,(H,65,69)(H,66,70)/t62-,63+/m0/s1. The van der Waals surface area contributed by atoms with Crippen molar-refractivity contribution in [1.82, 2.24) is 15.5 Å². The maximum atomic E-state index is 13.8. The Morgan fingerprint density at radius 1 is 0.487 bits per heavy atom. The van der Waals surface area contributed by atoms with E-state index in [1.807, 2.05) is 71.6 Å². The minimum Gasteiger partial charge on any atom is -0.497 e. The normalized spacial score (nSPS) is 16.4. The van der Waals surface area contributed by atoms with Gasteiger partial charge in [0.2, 0.25) is 17.7 Å². The van der Waals surface area contributed by atoms with Crippen molar-refractivity contribution < 1.29 is 43.2 Å². The maximum Gasteiger partial charge on any atom is 0.305 e. The summed E-state index contributed by atoms with van der Waals surface area (Å²) in [6, 6.07) is 26.2. The summed E-state index contributed by atoms with van der Waals surface area (Å²) in [5.74, 6) is 1.84. The summed E-state index contributed by atoms with van der Waals surface area (Å²) in [6.45, 7) is 6.92. The Hall–Kier alpha value is -4.94. The number of rotatable bonds is 42. The molecule has 4 rings (SSSR count). The van der Waals surface area contributed by atoms with Gasteiger partial charge in [-0.3, -0.25) is 19.2 Å². The van der Waals surface area contributed by atoms with Gasteiger partial charge in [0, 0.05) is 62.7 Å². The number of carbonyl (C=O) groups excluding carboxylic acids is 4. The predicted octanol–water partition coefficient (Wildman–Crippen LogP) is 13.2. The molecule has 0 radical (unpaired) electrons. The molecule has 1 heterocycles. The number of methoxy groups -OCH3 is 3. The predicted molar refractivity (Wildman–Crippen MR) is 305 cm³/mol. The highest BCUT2D eigenvalue weighted by Gasteiger charge is 2.54. The molecule has 0 aromatic heterocycles. The second-order valence-electron chi connectivity index (χ2n) is 22.1. The molecule has 12 heteroatoms. The topological polar surface area (TPSA) is 153 Å². The summed E-state index contributed by atoms with van der Waals surface area (Å²) in [7, 11) is 4.76. The number of hydrogen-bond acceptors (Lipinski definition) is 9. The van der Waals surface area contributed by atoms with Crippen molar-refractivity contribution in [3.05, 3.63) is 95.6 Å². The van der Waals surface area contributed by atoms with Crippen LogP contribution in [0.25, 0.3) is 0 Å². The molecule has 12 nitrogen and oxygen atoms in total. The van der Waals surface area contributed by atoms with Gasteiger partial charge in [-0.25, -0.2) is 0 Å². The van der Waals surface area contributed by atoms with Gasteiger partial charge in [0.1, 0.15) is 17.1 Å². The first-order valence-corrected chi connectivity index (χ1v) is 29.4. The highest BCUT2D eigenvalue weighted by atomic mass is 16.5. The molecule has 1 aliphatic heterocycles. The Morgan fingerprint density at radius 3 is 1.26 bits per heavy atom. The van der Waals surface area contributed by atoms with Crippen molar-refractivity contribution in [3.63, 3.8) is 0 Å². The minimum atomic E-state index is -1.01. The molecular formula is C64H99N3O9. The van der Waals surface area contributed by atoms with Crippen LogP contribution in [0.3, 0.4) is 0 Å². The number of amides is 3. The lowest BCUT2D eigenvalue weighted by Gasteiger charge is -2.43. The molecule has 1 aliphatic rings. The van der Waals surface area contributed by atoms with Crippen molar-refractivity contribution in [2.75, 3.05) is 60.7 Å². The lowest BCUT2D eigenvalue weighted by atomic mass is 9.68. The number of carbonyl (C=O) groups is 4. The van der Waals surface area contributed by atoms with Crippen LogP contribution in [0, 0.1) is 10.8 Å². The van der Waals surface area contributed by atoms with Crippen LogP contribution in [0.4, 0.5) is 0 Å². The molecule has 76 heavy (non-hydrogen) atoms. The third-order valence-electron chi connectivity index (χ3n) is 16.1. The molecule has 1 fully saturated rings. The Bertz CT molecular complexity index is 2020. The first-order valence-electron chi connectivity index (χ1n) is 29.4. The first-order chi connectivity index (χ1) is 36.9. The molecule has 3 amide bonds. The van der Waals surface area contributed by atoms with E-state index >= 15 is 0 Å². The van der Waals surface area contributed by atoms with Crippen molar-refractivity contribution in [3.8, 4) is 11.5 Å². The second-order valence-corrected chi connectivity index (χ2v) is 22.1. The fraction of sp³-hybridized carbons (Fsp3) is 0.656. The molecule has 0 bridgehead atoms. The van der Waals surface area contributed by atoms with E-state index in [4.69, 9.17) is 14.2 Å². The molecule has 3 N–H and O–H groups in total. The number of nitrogens with zero attached hydrogens (tertiary/aromatic N) is 1. The highest BCUT2D eigenvalue weighted by molar-refractivity contribution is 5.77. The van der Waals surface area contributed by atoms with E-state index in [2.05, 4.69) is 41.4 Å². The van der Waals surface area contributed by atoms with Crippen molar-refractivity contribution in [1.29, 1.82) is 0 Å². The molecule has 3 aromatic carbocycles. The van der Waals surface area contributed by atoms with Crippen molar-refractivity contribution >= 4 is 23.7 Å². The van der Waals surface area contributed by atoms with Gasteiger partial charge in [-0.2, -0.15) is 0 Å². The molecule has 3 aromatic rings. The number of likely N-dealkylation sites (tertiary alicyclic amines) is 1. The molecule has 0 aliphatic carbocycles. The molecular weight excluding hydrogens is 955 g/mol. The molecule has 2 atom stereocenters. The molecule has 0 spiro atoms. The Morgan fingerprint density at radius 2 is 0.855 bits per heavy atom. The zero-order valence-electron chi connectivity index (χ0n) is 47.7. The lowest BCUT2D eigenvalue weighted by molar-refractivity contribution is -0.140. The van der Waals surface area contributed by atoms with Gasteiger partial charge < -0.3 is 39.6 Å². The lowest BCUT2D eigenvalue weighted by Crippen LogP contribution is -2.46. The number of aliphatic hydroxyl groups excluding tert-OH is 1. The largest absolute Gasteiger partial charge is 0.497 e. The Labute approximate surface area is 458 Å². The summed E-state index contributed by atoms with van der Waals surface area (Å²) in [6.07, 6.45) is 28.7. The van der Waals surface area contributed by atoms with Crippen LogP contribution < -0.4 is 20.1 Å². The van der Waals surface area contributed by atoms with Crippen LogP contribution in [0.1, 0.15) is 210 Å². The molecule has 424 valence electrons. The number of unbranched alkanes of at least 4 members (excludes halogenated alkanes) is 21. The van der Waals surface area contributed by atoms with Crippen LogP contribution in [0.5, 0.6) is 11.5 Å². The second kappa shape index (κ2) is 36.2. The first kappa shape index (κ1) is 63.6. The summed E-state index contributed by atoms with van der Waals surface area (Å²) in [4.78, 5) is 51.5. The summed E-state index contributed by atoms with van der Waals surface area (Å²) in [5.41, 5.74) is 0.690. The van der Waals surface area contributed by atoms with Crippen LogP contribution in [-0.2, 0) is 34.3 Å². The zero-order valence-corrected chi connectivity index (χ0v) is 47.7. The van der Waals surface area contributed by atoms with Gasteiger partial charge in [-0.05, 0) is 79.5 Å². The van der Waals surface area contributed by atoms with E-state index in [0.29, 0.717) is 45.4 Å². The van der Waals surface area contributed by atoms with Gasteiger partial charge in [0.05, 0.1) is 34.5 Å². The number of hydrogen-bond donors (Lipinski definition) is 3. The van der Waals surface area contributed by atoms with E-state index in [-0.39, 0.29) is 30.3 Å². The van der Waals surface area contributed by atoms with E-state index in [1.54, 1.807) is 14.2 Å². The summed E-state index contributed by atoms with van der Waals surface area (Å²) in [5, 5.41) is 17.1. The Balaban J connectivity index is 1.01. The third kappa shape index (κ3) is 21.8. The molecule has 0 saturated carbocycles. The number of nitrogens with one attached hydrogen (secondary N) is 2. The van der Waals surface area contributed by atoms with Gasteiger partial charge in [-0.1, -0.05) is 184 Å². The zero-order chi connectivity index (χ0) is 54.8. The van der Waals surface area contributed by atoms with Crippen LogP contribution in [0.2, 0.25) is 0 Å². The van der Waals surface area contributed by atoms with E-state index < -0.39 is 16.4 Å². The average Bonchev–Trinajstić information content (AvgIpc) is 3.74. The number of aliphatic hydroxyl groups is 1. The van der Waals surface area contributed by atoms with E-state index in [0.717, 1.165) is 125 Å². The van der Waals surface area contributed by atoms with Gasteiger partial charge in [0.15, 0.2) is 0 Å². The van der Waals surface area contributed by atoms with Crippen LogP contribution in [-0.4, -0.2) is 94.4 Å². The number of esters is 1. The van der Waals surface area contributed by atoms with Gasteiger partial charge in [-0.15, -0.1) is 0 Å². The molecule has 1 saturated heterocycles. The third-order valence-corrected chi connectivity index (χ3v) is 16.1. The fourth-order valence-electron chi connectivity index (χ4n) is 10.7. The van der Waals surface area contributed by atoms with E-state index in [9.17, 15) is 24.3 Å². The smallest absolute Gasteiger partial charge is 0.305 e. The quantitative estimate of drug-likeness (QED) is 0.0286. The number of ether oxygens (including phenoxy) is 4. The maximum absolute atomic E-state index is 13.8. The van der Waals surface area contributed by atoms with Crippen LogP contribution >= 0.6 is 0 Å². The minimum absolute atomic E-state index is 0.0708. The Kier molecular flexibility index (Phi) is 30.3. The van der Waals surface area contributed by atoms with Crippen molar-refractivity contribution in [2.24, 2.45) is 10.8 Å². The summed E-state index contributed by atoms with van der Waals surface area (Å²) < 4.78 is 23.1. The summed E-state index contributed by atoms with van der Waals surface area (Å²) >= 11 is 0.